The molecule has 0 atom stereocenters. The van der Waals surface area contributed by atoms with E-state index >= 15 is 0 Å². The van der Waals surface area contributed by atoms with Gasteiger partial charge in [0.2, 0.25) is 0 Å². The average molecular weight is 283 g/mol. The third kappa shape index (κ3) is 2.65. The molecule has 0 amide bonds. The molecule has 3 N–H and O–H groups in total. The lowest BCUT2D eigenvalue weighted by atomic mass is 10.2. The van der Waals surface area contributed by atoms with Crippen LogP contribution in [0.4, 0.5) is 24.5 Å². The van der Waals surface area contributed by atoms with Gasteiger partial charge >= 0.3 is 0 Å². The molecule has 2 rings (SSSR count). The van der Waals surface area contributed by atoms with Crippen LogP contribution in [-0.4, -0.2) is 9.97 Å². The normalized spacial score (nSPS) is 10.3. The third-order valence-electron chi connectivity index (χ3n) is 2.39. The minimum absolute atomic E-state index is 0.0768. The van der Waals surface area contributed by atoms with Crippen molar-refractivity contribution >= 4 is 28.6 Å². The van der Waals surface area contributed by atoms with E-state index in [1.54, 1.807) is 0 Å². The minimum Gasteiger partial charge on any atom is -0.389 e. The summed E-state index contributed by atoms with van der Waals surface area (Å²) < 4.78 is 39.4. The highest BCUT2D eigenvalue weighted by Gasteiger charge is 2.14. The van der Waals surface area contributed by atoms with Crippen LogP contribution in [0.2, 0.25) is 0 Å². The maximum Gasteiger partial charge on any atom is 0.196 e. The van der Waals surface area contributed by atoms with E-state index in [1.807, 2.05) is 0 Å². The van der Waals surface area contributed by atoms with Crippen LogP contribution in [-0.2, 0) is 0 Å². The van der Waals surface area contributed by atoms with Gasteiger partial charge in [0.25, 0.3) is 0 Å². The number of anilines is 2. The fourth-order valence-corrected chi connectivity index (χ4v) is 1.65. The SMILES string of the molecule is NC(=S)c1ccncc1Nc1ccc(F)c(F)c1F. The molecule has 1 aromatic carbocycles. The second-order valence-corrected chi connectivity index (χ2v) is 4.07. The summed E-state index contributed by atoms with van der Waals surface area (Å²) in [5, 5.41) is 2.58. The summed E-state index contributed by atoms with van der Waals surface area (Å²) in [5.41, 5.74) is 5.99. The summed E-state index contributed by atoms with van der Waals surface area (Å²) in [6.45, 7) is 0. The fourth-order valence-electron chi connectivity index (χ4n) is 1.48. The molecule has 0 fully saturated rings. The number of benzene rings is 1. The molecule has 0 saturated carbocycles. The maximum absolute atomic E-state index is 13.5. The lowest BCUT2D eigenvalue weighted by Gasteiger charge is -2.11. The van der Waals surface area contributed by atoms with E-state index in [0.717, 1.165) is 12.1 Å². The van der Waals surface area contributed by atoms with Gasteiger partial charge in [-0.25, -0.2) is 13.2 Å². The van der Waals surface area contributed by atoms with Crippen LogP contribution in [0.25, 0.3) is 0 Å². The number of pyridine rings is 1. The first-order chi connectivity index (χ1) is 9.00. The maximum atomic E-state index is 13.5. The molecule has 3 nitrogen and oxygen atoms in total. The first-order valence-corrected chi connectivity index (χ1v) is 5.56. The van der Waals surface area contributed by atoms with E-state index in [1.165, 1.54) is 18.5 Å². The molecule has 19 heavy (non-hydrogen) atoms. The van der Waals surface area contributed by atoms with Gasteiger partial charge < -0.3 is 11.1 Å². The van der Waals surface area contributed by atoms with Crippen molar-refractivity contribution < 1.29 is 13.2 Å². The Morgan fingerprint density at radius 2 is 1.84 bits per heavy atom. The first kappa shape index (κ1) is 13.3. The number of aromatic nitrogens is 1. The van der Waals surface area contributed by atoms with Crippen LogP contribution in [0.1, 0.15) is 5.56 Å². The molecule has 98 valence electrons. The van der Waals surface area contributed by atoms with Gasteiger partial charge in [-0.05, 0) is 18.2 Å². The molecule has 1 aromatic heterocycles. The van der Waals surface area contributed by atoms with Gasteiger partial charge in [-0.15, -0.1) is 0 Å². The first-order valence-electron chi connectivity index (χ1n) is 5.15. The van der Waals surface area contributed by atoms with Crippen LogP contribution in [0.5, 0.6) is 0 Å². The van der Waals surface area contributed by atoms with Crippen molar-refractivity contribution in [3.63, 3.8) is 0 Å². The summed E-state index contributed by atoms with van der Waals surface area (Å²) in [5.74, 6) is -4.13. The van der Waals surface area contributed by atoms with Crippen LogP contribution in [0, 0.1) is 17.5 Å². The Hall–Kier alpha value is -2.15. The van der Waals surface area contributed by atoms with Gasteiger partial charge in [-0.3, -0.25) is 4.98 Å². The van der Waals surface area contributed by atoms with E-state index in [9.17, 15) is 13.2 Å². The molecule has 0 spiro atoms. The number of hydrogen-bond acceptors (Lipinski definition) is 3. The summed E-state index contributed by atoms with van der Waals surface area (Å²) in [7, 11) is 0. The summed E-state index contributed by atoms with van der Waals surface area (Å²) in [6.07, 6.45) is 2.82. The topological polar surface area (TPSA) is 50.9 Å². The number of hydrogen-bond donors (Lipinski definition) is 2. The zero-order valence-corrected chi connectivity index (χ0v) is 10.3. The highest BCUT2D eigenvalue weighted by atomic mass is 32.1. The highest BCUT2D eigenvalue weighted by Crippen LogP contribution is 2.25. The zero-order chi connectivity index (χ0) is 14.0. The van der Waals surface area contributed by atoms with Crippen molar-refractivity contribution in [2.24, 2.45) is 5.73 Å². The smallest absolute Gasteiger partial charge is 0.196 e. The van der Waals surface area contributed by atoms with Gasteiger partial charge in [-0.1, -0.05) is 12.2 Å². The van der Waals surface area contributed by atoms with E-state index in [-0.39, 0.29) is 10.7 Å². The Morgan fingerprint density at radius 3 is 2.53 bits per heavy atom. The number of nitrogens with one attached hydrogen (secondary N) is 1. The van der Waals surface area contributed by atoms with Crippen LogP contribution in [0.3, 0.4) is 0 Å². The molecule has 7 heteroatoms. The molecule has 2 aromatic rings. The molecule has 0 bridgehead atoms. The standard InChI is InChI=1S/C12H8F3N3S/c13-7-1-2-8(11(15)10(7)14)18-9-5-17-4-3-6(9)12(16)19/h1-5,18H,(H2,16,19). The average Bonchev–Trinajstić information content (AvgIpc) is 2.40. The number of halogens is 3. The Kier molecular flexibility index (Phi) is 3.66. The molecule has 0 saturated heterocycles. The number of rotatable bonds is 3. The molecule has 1 heterocycles. The van der Waals surface area contributed by atoms with E-state index in [2.05, 4.69) is 10.3 Å². The molecular formula is C12H8F3N3S. The lowest BCUT2D eigenvalue weighted by molar-refractivity contribution is 0.449. The Balaban J connectivity index is 2.42. The minimum atomic E-state index is -1.55. The number of nitrogens with two attached hydrogens (primary N) is 1. The molecule has 0 radical (unpaired) electrons. The largest absolute Gasteiger partial charge is 0.389 e. The van der Waals surface area contributed by atoms with Crippen LogP contribution >= 0.6 is 12.2 Å². The van der Waals surface area contributed by atoms with Gasteiger partial charge in [0, 0.05) is 11.8 Å². The zero-order valence-electron chi connectivity index (χ0n) is 9.45. The summed E-state index contributed by atoms with van der Waals surface area (Å²) in [4.78, 5) is 3.90. The molecule has 0 aliphatic carbocycles. The quantitative estimate of drug-likeness (QED) is 0.672. The number of thiocarbonyl (C=S) groups is 1. The van der Waals surface area contributed by atoms with E-state index in [4.69, 9.17) is 18.0 Å². The van der Waals surface area contributed by atoms with Gasteiger partial charge in [0.1, 0.15) is 4.99 Å². The van der Waals surface area contributed by atoms with Crippen LogP contribution in [0.15, 0.2) is 30.6 Å². The molecule has 0 aliphatic heterocycles. The molecule has 0 aliphatic rings. The summed E-state index contributed by atoms with van der Waals surface area (Å²) in [6, 6.07) is 3.42. The second kappa shape index (κ2) is 5.23. The van der Waals surface area contributed by atoms with Gasteiger partial charge in [0.05, 0.1) is 17.6 Å². The fraction of sp³-hybridized carbons (Fsp3) is 0. The highest BCUT2D eigenvalue weighted by molar-refractivity contribution is 7.80. The van der Waals surface area contributed by atoms with Crippen LogP contribution < -0.4 is 11.1 Å². The lowest BCUT2D eigenvalue weighted by Crippen LogP contribution is -2.12. The van der Waals surface area contributed by atoms with Crippen molar-refractivity contribution in [2.45, 2.75) is 0 Å². The van der Waals surface area contributed by atoms with Gasteiger partial charge in [0.15, 0.2) is 17.5 Å². The third-order valence-corrected chi connectivity index (χ3v) is 2.61. The Labute approximate surface area is 112 Å². The van der Waals surface area contributed by atoms with Crippen molar-refractivity contribution in [3.8, 4) is 0 Å². The predicted octanol–water partition coefficient (Wildman–Crippen LogP) is 2.88. The van der Waals surface area contributed by atoms with Crippen molar-refractivity contribution in [1.82, 2.24) is 4.98 Å². The van der Waals surface area contributed by atoms with Crippen molar-refractivity contribution in [3.05, 3.63) is 53.6 Å². The number of nitrogens with zero attached hydrogens (tertiary/aromatic N) is 1. The van der Waals surface area contributed by atoms with Gasteiger partial charge in [-0.2, -0.15) is 0 Å². The molecule has 0 unspecified atom stereocenters. The summed E-state index contributed by atoms with van der Waals surface area (Å²) >= 11 is 4.83. The van der Waals surface area contributed by atoms with E-state index < -0.39 is 17.5 Å². The molecular weight excluding hydrogens is 275 g/mol. The Bertz CT molecular complexity index is 646. The van der Waals surface area contributed by atoms with E-state index in [0.29, 0.717) is 11.3 Å². The van der Waals surface area contributed by atoms with Crippen molar-refractivity contribution in [2.75, 3.05) is 5.32 Å². The Morgan fingerprint density at radius 1 is 1.11 bits per heavy atom. The monoisotopic (exact) mass is 283 g/mol. The van der Waals surface area contributed by atoms with Crippen molar-refractivity contribution in [1.29, 1.82) is 0 Å². The second-order valence-electron chi connectivity index (χ2n) is 3.63. The predicted molar refractivity (Wildman–Crippen MR) is 69.7 cm³/mol.